The highest BCUT2D eigenvalue weighted by Crippen LogP contribution is 2.19. The predicted octanol–water partition coefficient (Wildman–Crippen LogP) is 1.30. The summed E-state index contributed by atoms with van der Waals surface area (Å²) in [6.45, 7) is 3.84. The summed E-state index contributed by atoms with van der Waals surface area (Å²) in [5.74, 6) is 2.22. The van der Waals surface area contributed by atoms with Crippen LogP contribution >= 0.6 is 0 Å². The largest absolute Gasteiger partial charge is 0.445 e. The lowest BCUT2D eigenvalue weighted by atomic mass is 10.1. The monoisotopic (exact) mass is 222 g/mol. The number of oxazole rings is 1. The highest BCUT2D eigenvalue weighted by molar-refractivity contribution is 5.77. The molecule has 2 heterocycles. The van der Waals surface area contributed by atoms with Gasteiger partial charge in [0.25, 0.3) is 0 Å². The Balaban J connectivity index is 1.90. The first kappa shape index (κ1) is 11.3. The van der Waals surface area contributed by atoms with E-state index in [4.69, 9.17) is 4.42 Å². The lowest BCUT2D eigenvalue weighted by Crippen LogP contribution is -2.15. The maximum absolute atomic E-state index is 10.9. The van der Waals surface area contributed by atoms with Gasteiger partial charge in [-0.2, -0.15) is 0 Å². The van der Waals surface area contributed by atoms with Crippen LogP contribution < -0.4 is 0 Å². The second kappa shape index (κ2) is 4.78. The average molecular weight is 222 g/mol. The Kier molecular flexibility index (Phi) is 3.39. The maximum Gasteiger partial charge on any atom is 0.194 e. The zero-order chi connectivity index (χ0) is 11.5. The third-order valence-corrected chi connectivity index (χ3v) is 2.98. The van der Waals surface area contributed by atoms with Gasteiger partial charge >= 0.3 is 0 Å². The third kappa shape index (κ3) is 2.92. The fraction of sp³-hybridized carbons (Fsp3) is 0.667. The second-order valence-corrected chi connectivity index (χ2v) is 4.72. The first-order valence-corrected chi connectivity index (χ1v) is 5.75. The van der Waals surface area contributed by atoms with Crippen molar-refractivity contribution in [3.63, 3.8) is 0 Å². The molecule has 1 aliphatic heterocycles. The van der Waals surface area contributed by atoms with Gasteiger partial charge in [-0.25, -0.2) is 4.98 Å². The highest BCUT2D eigenvalue weighted by atomic mass is 16.4. The number of carbonyl (C=O) groups is 1. The maximum atomic E-state index is 10.9. The Hall–Kier alpha value is -1.16. The molecule has 1 atom stereocenters. The van der Waals surface area contributed by atoms with E-state index in [-0.39, 0.29) is 5.78 Å². The molecule has 2 rings (SSSR count). The van der Waals surface area contributed by atoms with Crippen LogP contribution in [-0.2, 0) is 17.6 Å². The number of carbonyl (C=O) groups excluding carboxylic acids is 1. The predicted molar refractivity (Wildman–Crippen MR) is 60.2 cm³/mol. The Bertz CT molecular complexity index is 373. The van der Waals surface area contributed by atoms with Crippen LogP contribution in [0.4, 0.5) is 0 Å². The minimum atomic E-state index is 0.114. The SMILES string of the molecule is CC(=O)Cc1cnc(CC2CCN(C)C2)o1. The molecule has 0 amide bonds. The zero-order valence-electron chi connectivity index (χ0n) is 9.90. The van der Waals surface area contributed by atoms with E-state index in [1.54, 1.807) is 13.1 Å². The molecule has 0 bridgehead atoms. The van der Waals surface area contributed by atoms with Crippen LogP contribution in [0.25, 0.3) is 0 Å². The van der Waals surface area contributed by atoms with Gasteiger partial charge in [-0.1, -0.05) is 0 Å². The molecule has 0 saturated carbocycles. The second-order valence-electron chi connectivity index (χ2n) is 4.72. The molecule has 1 aromatic heterocycles. The van der Waals surface area contributed by atoms with E-state index in [1.165, 1.54) is 6.42 Å². The highest BCUT2D eigenvalue weighted by Gasteiger charge is 2.21. The van der Waals surface area contributed by atoms with Gasteiger partial charge in [-0.3, -0.25) is 4.79 Å². The van der Waals surface area contributed by atoms with Crippen LogP contribution in [0.3, 0.4) is 0 Å². The van der Waals surface area contributed by atoms with Crippen molar-refractivity contribution in [1.29, 1.82) is 0 Å². The van der Waals surface area contributed by atoms with Crippen molar-refractivity contribution in [2.45, 2.75) is 26.2 Å². The van der Waals surface area contributed by atoms with E-state index in [9.17, 15) is 4.79 Å². The van der Waals surface area contributed by atoms with E-state index in [1.807, 2.05) is 0 Å². The first-order valence-electron chi connectivity index (χ1n) is 5.75. The van der Waals surface area contributed by atoms with Crippen molar-refractivity contribution < 1.29 is 9.21 Å². The van der Waals surface area contributed by atoms with Gasteiger partial charge in [0, 0.05) is 13.0 Å². The Morgan fingerprint density at radius 2 is 2.50 bits per heavy atom. The molecule has 0 aliphatic carbocycles. The summed E-state index contributed by atoms with van der Waals surface area (Å²) in [4.78, 5) is 17.5. The summed E-state index contributed by atoms with van der Waals surface area (Å²) < 4.78 is 5.54. The Morgan fingerprint density at radius 1 is 1.69 bits per heavy atom. The molecule has 88 valence electrons. The van der Waals surface area contributed by atoms with Crippen LogP contribution in [0.15, 0.2) is 10.6 Å². The number of nitrogens with zero attached hydrogens (tertiary/aromatic N) is 2. The van der Waals surface area contributed by atoms with Crippen molar-refractivity contribution in [2.24, 2.45) is 5.92 Å². The summed E-state index contributed by atoms with van der Waals surface area (Å²) in [7, 11) is 2.14. The van der Waals surface area contributed by atoms with Gasteiger partial charge in [0.05, 0.1) is 12.6 Å². The first-order chi connectivity index (χ1) is 7.63. The van der Waals surface area contributed by atoms with Gasteiger partial charge < -0.3 is 9.32 Å². The number of rotatable bonds is 4. The van der Waals surface area contributed by atoms with Gasteiger partial charge in [-0.05, 0) is 32.9 Å². The molecule has 1 aliphatic rings. The summed E-state index contributed by atoms with van der Waals surface area (Å²) in [6, 6.07) is 0. The van der Waals surface area contributed by atoms with Crippen molar-refractivity contribution in [2.75, 3.05) is 20.1 Å². The van der Waals surface area contributed by atoms with Crippen molar-refractivity contribution >= 4 is 5.78 Å². The minimum Gasteiger partial charge on any atom is -0.445 e. The molecule has 0 radical (unpaired) electrons. The number of hydrogen-bond donors (Lipinski definition) is 0. The van der Waals surface area contributed by atoms with E-state index in [0.29, 0.717) is 18.1 Å². The Morgan fingerprint density at radius 3 is 3.12 bits per heavy atom. The summed E-state index contributed by atoms with van der Waals surface area (Å²) in [5, 5.41) is 0. The molecule has 4 heteroatoms. The minimum absolute atomic E-state index is 0.114. The standard InChI is InChI=1S/C12H18N2O2/c1-9(15)5-11-7-13-12(16-11)6-10-3-4-14(2)8-10/h7,10H,3-6,8H2,1-2H3. The fourth-order valence-electron chi connectivity index (χ4n) is 2.21. The lowest BCUT2D eigenvalue weighted by molar-refractivity contribution is -0.116. The Labute approximate surface area is 95.6 Å². The molecular weight excluding hydrogens is 204 g/mol. The van der Waals surface area contributed by atoms with Crippen LogP contribution in [0.2, 0.25) is 0 Å². The molecule has 1 aromatic rings. The molecule has 0 spiro atoms. The van der Waals surface area contributed by atoms with Crippen LogP contribution in [0.1, 0.15) is 25.0 Å². The normalized spacial score (nSPS) is 21.5. The molecule has 4 nitrogen and oxygen atoms in total. The molecule has 1 saturated heterocycles. The number of Topliss-reactive ketones (excluding diaryl/α,β-unsaturated/α-hetero) is 1. The van der Waals surface area contributed by atoms with Gasteiger partial charge in [0.2, 0.25) is 0 Å². The van der Waals surface area contributed by atoms with E-state index < -0.39 is 0 Å². The van der Waals surface area contributed by atoms with E-state index in [0.717, 1.165) is 25.4 Å². The zero-order valence-corrected chi connectivity index (χ0v) is 9.90. The van der Waals surface area contributed by atoms with Crippen molar-refractivity contribution in [3.8, 4) is 0 Å². The molecule has 1 fully saturated rings. The van der Waals surface area contributed by atoms with Crippen molar-refractivity contribution in [1.82, 2.24) is 9.88 Å². The number of aromatic nitrogens is 1. The quantitative estimate of drug-likeness (QED) is 0.770. The smallest absolute Gasteiger partial charge is 0.194 e. The van der Waals surface area contributed by atoms with E-state index >= 15 is 0 Å². The van der Waals surface area contributed by atoms with Crippen LogP contribution in [0, 0.1) is 5.92 Å². The fourth-order valence-corrected chi connectivity index (χ4v) is 2.21. The summed E-state index contributed by atoms with van der Waals surface area (Å²) >= 11 is 0. The summed E-state index contributed by atoms with van der Waals surface area (Å²) in [6.07, 6.45) is 4.14. The van der Waals surface area contributed by atoms with Crippen LogP contribution in [0.5, 0.6) is 0 Å². The molecular formula is C12H18N2O2. The molecule has 1 unspecified atom stereocenters. The summed E-state index contributed by atoms with van der Waals surface area (Å²) in [5.41, 5.74) is 0. The van der Waals surface area contributed by atoms with Crippen LogP contribution in [-0.4, -0.2) is 35.8 Å². The number of likely N-dealkylation sites (tertiary alicyclic amines) is 1. The molecule has 16 heavy (non-hydrogen) atoms. The number of ketones is 1. The topological polar surface area (TPSA) is 46.3 Å². The number of hydrogen-bond acceptors (Lipinski definition) is 4. The van der Waals surface area contributed by atoms with Gasteiger partial charge in [-0.15, -0.1) is 0 Å². The van der Waals surface area contributed by atoms with Gasteiger partial charge in [0.15, 0.2) is 5.89 Å². The van der Waals surface area contributed by atoms with Gasteiger partial charge in [0.1, 0.15) is 11.5 Å². The third-order valence-electron chi connectivity index (χ3n) is 2.98. The molecule has 0 aromatic carbocycles. The average Bonchev–Trinajstić information content (AvgIpc) is 2.76. The molecule has 0 N–H and O–H groups in total. The van der Waals surface area contributed by atoms with Crippen molar-refractivity contribution in [3.05, 3.63) is 17.8 Å². The van der Waals surface area contributed by atoms with E-state index in [2.05, 4.69) is 16.9 Å². The lowest BCUT2D eigenvalue weighted by Gasteiger charge is -2.07.